The third-order valence-corrected chi connectivity index (χ3v) is 4.96. The molecule has 7 heteroatoms. The summed E-state index contributed by atoms with van der Waals surface area (Å²) in [6, 6.07) is 8.28. The number of H-pyrrole nitrogens is 1. The maximum atomic E-state index is 13.5. The van der Waals surface area contributed by atoms with Gasteiger partial charge in [0.25, 0.3) is 0 Å². The summed E-state index contributed by atoms with van der Waals surface area (Å²) < 4.78 is 13.5. The number of aromatic amines is 1. The van der Waals surface area contributed by atoms with Crippen molar-refractivity contribution in [3.8, 4) is 0 Å². The molecular weight excluding hydrogens is 355 g/mol. The minimum absolute atomic E-state index is 0.0545. The van der Waals surface area contributed by atoms with E-state index < -0.39 is 0 Å². The van der Waals surface area contributed by atoms with Crippen LogP contribution in [0.25, 0.3) is 10.9 Å². The van der Waals surface area contributed by atoms with E-state index in [1.54, 1.807) is 18.5 Å². The fourth-order valence-corrected chi connectivity index (χ4v) is 3.42. The number of amides is 1. The van der Waals surface area contributed by atoms with Gasteiger partial charge >= 0.3 is 0 Å². The van der Waals surface area contributed by atoms with E-state index in [9.17, 15) is 9.18 Å². The maximum Gasteiger partial charge on any atom is 0.227 e. The zero-order valence-corrected chi connectivity index (χ0v) is 14.8. The Balaban J connectivity index is 1.40. The average molecular weight is 373 g/mol. The molecule has 1 aliphatic rings. The number of fused-ring (bicyclic) bond motifs is 1. The Morgan fingerprint density at radius 2 is 2.00 bits per heavy atom. The van der Waals surface area contributed by atoms with Crippen LogP contribution < -0.4 is 4.90 Å². The number of pyridine rings is 1. The van der Waals surface area contributed by atoms with Gasteiger partial charge in [-0.05, 0) is 35.9 Å². The standard InChI is InChI=1S/C19H18ClFN4O/c20-14-1-4-18(23-12-14)24-5-7-25(8-6-24)19(26)9-13-11-22-17-3-2-15(21)10-16(13)17/h1-4,10-12,22H,5-9H2. The first-order chi connectivity index (χ1) is 12.6. The van der Waals surface area contributed by atoms with Crippen LogP contribution in [0.2, 0.25) is 5.02 Å². The lowest BCUT2D eigenvalue weighted by Gasteiger charge is -2.35. The van der Waals surface area contributed by atoms with Crippen molar-refractivity contribution in [2.45, 2.75) is 6.42 Å². The first-order valence-electron chi connectivity index (χ1n) is 8.50. The van der Waals surface area contributed by atoms with Crippen LogP contribution in [0.3, 0.4) is 0 Å². The third-order valence-electron chi connectivity index (χ3n) is 4.74. The van der Waals surface area contributed by atoms with Crippen LogP contribution in [-0.2, 0) is 11.2 Å². The molecule has 134 valence electrons. The van der Waals surface area contributed by atoms with Gasteiger partial charge in [-0.1, -0.05) is 11.6 Å². The van der Waals surface area contributed by atoms with Gasteiger partial charge in [0.1, 0.15) is 11.6 Å². The van der Waals surface area contributed by atoms with E-state index in [0.717, 1.165) is 35.4 Å². The van der Waals surface area contributed by atoms with Crippen molar-refractivity contribution < 1.29 is 9.18 Å². The number of carbonyl (C=O) groups is 1. The van der Waals surface area contributed by atoms with Gasteiger partial charge in [-0.25, -0.2) is 9.37 Å². The number of benzene rings is 1. The lowest BCUT2D eigenvalue weighted by molar-refractivity contribution is -0.130. The number of nitrogens with zero attached hydrogens (tertiary/aromatic N) is 3. The molecule has 1 fully saturated rings. The number of piperazine rings is 1. The number of anilines is 1. The van der Waals surface area contributed by atoms with Crippen LogP contribution in [0.15, 0.2) is 42.7 Å². The minimum atomic E-state index is -0.296. The van der Waals surface area contributed by atoms with Crippen molar-refractivity contribution in [1.29, 1.82) is 0 Å². The first-order valence-corrected chi connectivity index (χ1v) is 8.88. The molecule has 1 aromatic carbocycles. The van der Waals surface area contributed by atoms with Crippen molar-refractivity contribution in [2.75, 3.05) is 31.1 Å². The summed E-state index contributed by atoms with van der Waals surface area (Å²) in [6.45, 7) is 2.73. The third kappa shape index (κ3) is 3.37. The average Bonchev–Trinajstić information content (AvgIpc) is 3.04. The normalized spacial score (nSPS) is 14.8. The molecule has 0 spiro atoms. The lowest BCUT2D eigenvalue weighted by Crippen LogP contribution is -2.49. The molecule has 3 aromatic rings. The number of halogens is 2. The van der Waals surface area contributed by atoms with Gasteiger partial charge in [0.2, 0.25) is 5.91 Å². The summed E-state index contributed by atoms with van der Waals surface area (Å²) in [4.78, 5) is 24.1. The smallest absolute Gasteiger partial charge is 0.227 e. The Kier molecular flexibility index (Phi) is 4.51. The van der Waals surface area contributed by atoms with E-state index in [-0.39, 0.29) is 18.1 Å². The monoisotopic (exact) mass is 372 g/mol. The van der Waals surface area contributed by atoms with E-state index >= 15 is 0 Å². The van der Waals surface area contributed by atoms with Crippen LogP contribution in [0.4, 0.5) is 10.2 Å². The SMILES string of the molecule is O=C(Cc1c[nH]c2ccc(F)cc12)N1CCN(c2ccc(Cl)cn2)CC1. The van der Waals surface area contributed by atoms with E-state index in [1.807, 2.05) is 17.0 Å². The largest absolute Gasteiger partial charge is 0.361 e. The molecule has 0 saturated carbocycles. The minimum Gasteiger partial charge on any atom is -0.361 e. The van der Waals surface area contributed by atoms with Gasteiger partial charge < -0.3 is 14.8 Å². The summed E-state index contributed by atoms with van der Waals surface area (Å²) in [5, 5.41) is 1.38. The molecule has 0 atom stereocenters. The van der Waals surface area contributed by atoms with Gasteiger partial charge in [0, 0.05) is 49.5 Å². The molecule has 0 unspecified atom stereocenters. The van der Waals surface area contributed by atoms with Gasteiger partial charge in [-0.3, -0.25) is 4.79 Å². The number of hydrogen-bond acceptors (Lipinski definition) is 3. The van der Waals surface area contributed by atoms with Crippen LogP contribution in [0.1, 0.15) is 5.56 Å². The van der Waals surface area contributed by atoms with Crippen LogP contribution >= 0.6 is 11.6 Å². The van der Waals surface area contributed by atoms with E-state index in [2.05, 4.69) is 14.9 Å². The highest BCUT2D eigenvalue weighted by atomic mass is 35.5. The summed E-state index contributed by atoms with van der Waals surface area (Å²) in [5.41, 5.74) is 1.67. The molecule has 3 heterocycles. The second-order valence-corrected chi connectivity index (χ2v) is 6.82. The molecule has 1 amide bonds. The highest BCUT2D eigenvalue weighted by Crippen LogP contribution is 2.21. The lowest BCUT2D eigenvalue weighted by atomic mass is 10.1. The van der Waals surface area contributed by atoms with Crippen molar-refractivity contribution in [1.82, 2.24) is 14.9 Å². The molecule has 0 aliphatic carbocycles. The molecule has 0 bridgehead atoms. The van der Waals surface area contributed by atoms with Crippen molar-refractivity contribution in [3.63, 3.8) is 0 Å². The Morgan fingerprint density at radius 1 is 1.19 bits per heavy atom. The molecule has 1 N–H and O–H groups in total. The number of hydrogen-bond donors (Lipinski definition) is 1. The van der Waals surface area contributed by atoms with E-state index in [1.165, 1.54) is 12.1 Å². The predicted octanol–water partition coefficient (Wildman–Crippen LogP) is 3.25. The Hall–Kier alpha value is -2.60. The Bertz CT molecular complexity index is 932. The summed E-state index contributed by atoms with van der Waals surface area (Å²) >= 11 is 5.87. The van der Waals surface area contributed by atoms with Crippen LogP contribution in [0, 0.1) is 5.82 Å². The predicted molar refractivity (Wildman–Crippen MR) is 100 cm³/mol. The molecule has 1 saturated heterocycles. The second-order valence-electron chi connectivity index (χ2n) is 6.38. The topological polar surface area (TPSA) is 52.2 Å². The fraction of sp³-hybridized carbons (Fsp3) is 0.263. The second kappa shape index (κ2) is 6.96. The first kappa shape index (κ1) is 16.8. The van der Waals surface area contributed by atoms with Crippen molar-refractivity contribution in [2.24, 2.45) is 0 Å². The van der Waals surface area contributed by atoms with Gasteiger partial charge in [-0.2, -0.15) is 0 Å². The van der Waals surface area contributed by atoms with E-state index in [0.29, 0.717) is 18.1 Å². The number of aromatic nitrogens is 2. The Labute approximate surface area is 155 Å². The quantitative estimate of drug-likeness (QED) is 0.767. The molecule has 4 rings (SSSR count). The van der Waals surface area contributed by atoms with Gasteiger partial charge in [-0.15, -0.1) is 0 Å². The summed E-state index contributed by atoms with van der Waals surface area (Å²) in [7, 11) is 0. The van der Waals surface area contributed by atoms with Crippen LogP contribution in [-0.4, -0.2) is 47.0 Å². The van der Waals surface area contributed by atoms with E-state index in [4.69, 9.17) is 11.6 Å². The number of carbonyl (C=O) groups excluding carboxylic acids is 1. The zero-order valence-electron chi connectivity index (χ0n) is 14.1. The Morgan fingerprint density at radius 3 is 2.73 bits per heavy atom. The van der Waals surface area contributed by atoms with Gasteiger partial charge in [0.15, 0.2) is 0 Å². The highest BCUT2D eigenvalue weighted by Gasteiger charge is 2.22. The number of rotatable bonds is 3. The molecule has 1 aliphatic heterocycles. The molecule has 5 nitrogen and oxygen atoms in total. The summed E-state index contributed by atoms with van der Waals surface area (Å²) in [5.74, 6) is 0.627. The van der Waals surface area contributed by atoms with Crippen molar-refractivity contribution in [3.05, 3.63) is 59.1 Å². The van der Waals surface area contributed by atoms with Crippen molar-refractivity contribution >= 4 is 34.2 Å². The highest BCUT2D eigenvalue weighted by molar-refractivity contribution is 6.30. The molecular formula is C19H18ClFN4O. The fourth-order valence-electron chi connectivity index (χ4n) is 3.31. The van der Waals surface area contributed by atoms with Crippen LogP contribution in [0.5, 0.6) is 0 Å². The number of nitrogens with one attached hydrogen (secondary N) is 1. The van der Waals surface area contributed by atoms with Gasteiger partial charge in [0.05, 0.1) is 11.4 Å². The maximum absolute atomic E-state index is 13.5. The molecule has 0 radical (unpaired) electrons. The molecule has 2 aromatic heterocycles. The zero-order chi connectivity index (χ0) is 18.1. The summed E-state index contributed by atoms with van der Waals surface area (Å²) in [6.07, 6.45) is 3.68. The molecule has 26 heavy (non-hydrogen) atoms.